The van der Waals surface area contributed by atoms with Gasteiger partial charge in [-0.15, -0.1) is 0 Å². The highest BCUT2D eigenvalue weighted by atomic mass is 35.5. The van der Waals surface area contributed by atoms with Gasteiger partial charge in [-0.3, -0.25) is 4.79 Å². The number of amides is 1. The maximum absolute atomic E-state index is 13.6. The molecule has 1 amide bonds. The van der Waals surface area contributed by atoms with Crippen molar-refractivity contribution in [3.63, 3.8) is 0 Å². The molecule has 1 fully saturated rings. The van der Waals surface area contributed by atoms with Crippen molar-refractivity contribution < 1.29 is 4.79 Å². The van der Waals surface area contributed by atoms with Crippen molar-refractivity contribution in [3.05, 3.63) is 52.1 Å². The highest BCUT2D eigenvalue weighted by Gasteiger charge is 2.29. The van der Waals surface area contributed by atoms with Gasteiger partial charge in [-0.25, -0.2) is 4.98 Å². The number of nitrogens with zero attached hydrogens (tertiary/aromatic N) is 4. The topological polar surface area (TPSA) is 43.1 Å². The number of halogens is 1. The SMILES string of the molecule is CCn1c(Cl)nc2cc(C(=O)N(Cc3cc(C)n(C)c3C)C3CCCC3)ccc21. The first kappa shape index (κ1) is 20.0. The minimum Gasteiger partial charge on any atom is -0.352 e. The molecule has 2 aromatic heterocycles. The van der Waals surface area contributed by atoms with Gasteiger partial charge in [0.25, 0.3) is 5.91 Å². The van der Waals surface area contributed by atoms with Gasteiger partial charge in [0, 0.05) is 43.1 Å². The van der Waals surface area contributed by atoms with Crippen molar-refractivity contribution in [2.75, 3.05) is 0 Å². The number of carbonyl (C=O) groups excluding carboxylic acids is 1. The molecule has 2 heterocycles. The van der Waals surface area contributed by atoms with Crippen LogP contribution in [-0.2, 0) is 20.1 Å². The Kier molecular flexibility index (Phi) is 5.43. The zero-order chi connectivity index (χ0) is 20.7. The second kappa shape index (κ2) is 7.86. The first-order chi connectivity index (χ1) is 13.9. The van der Waals surface area contributed by atoms with E-state index in [1.165, 1.54) is 29.8 Å². The van der Waals surface area contributed by atoms with E-state index in [4.69, 9.17) is 11.6 Å². The normalized spacial score (nSPS) is 14.8. The molecule has 0 spiro atoms. The average Bonchev–Trinajstić information content (AvgIpc) is 3.40. The second-order valence-corrected chi connectivity index (χ2v) is 8.49. The fraction of sp³-hybridized carbons (Fsp3) is 0.478. The number of imidazole rings is 1. The molecule has 29 heavy (non-hydrogen) atoms. The van der Waals surface area contributed by atoms with E-state index in [1.807, 2.05) is 29.7 Å². The fourth-order valence-electron chi connectivity index (χ4n) is 4.56. The zero-order valence-corrected chi connectivity index (χ0v) is 18.5. The molecule has 0 N–H and O–H groups in total. The lowest BCUT2D eigenvalue weighted by Gasteiger charge is -2.29. The van der Waals surface area contributed by atoms with Crippen molar-refractivity contribution in [2.24, 2.45) is 7.05 Å². The van der Waals surface area contributed by atoms with Crippen LogP contribution in [-0.4, -0.2) is 31.0 Å². The van der Waals surface area contributed by atoms with Crippen LogP contribution in [0.2, 0.25) is 5.28 Å². The van der Waals surface area contributed by atoms with Crippen LogP contribution >= 0.6 is 11.6 Å². The van der Waals surface area contributed by atoms with E-state index in [9.17, 15) is 4.79 Å². The van der Waals surface area contributed by atoms with E-state index < -0.39 is 0 Å². The quantitative estimate of drug-likeness (QED) is 0.574. The molecule has 1 aromatic carbocycles. The predicted octanol–water partition coefficient (Wildman–Crippen LogP) is 5.25. The minimum absolute atomic E-state index is 0.0851. The van der Waals surface area contributed by atoms with Gasteiger partial charge in [0.05, 0.1) is 11.0 Å². The lowest BCUT2D eigenvalue weighted by atomic mass is 10.1. The van der Waals surface area contributed by atoms with Crippen molar-refractivity contribution in [1.82, 2.24) is 19.0 Å². The Hall–Kier alpha value is -2.27. The summed E-state index contributed by atoms with van der Waals surface area (Å²) in [6, 6.07) is 8.28. The van der Waals surface area contributed by atoms with E-state index in [2.05, 4.69) is 41.4 Å². The summed E-state index contributed by atoms with van der Waals surface area (Å²) >= 11 is 6.26. The Balaban J connectivity index is 1.69. The third kappa shape index (κ3) is 3.57. The van der Waals surface area contributed by atoms with Gasteiger partial charge >= 0.3 is 0 Å². The third-order valence-corrected chi connectivity index (χ3v) is 6.80. The molecule has 0 aliphatic heterocycles. The number of rotatable bonds is 5. The van der Waals surface area contributed by atoms with Gasteiger partial charge in [-0.1, -0.05) is 12.8 Å². The third-order valence-electron chi connectivity index (χ3n) is 6.51. The molecule has 5 nitrogen and oxygen atoms in total. The van der Waals surface area contributed by atoms with E-state index >= 15 is 0 Å². The summed E-state index contributed by atoms with van der Waals surface area (Å²) in [6.07, 6.45) is 4.54. The summed E-state index contributed by atoms with van der Waals surface area (Å²) in [5.41, 5.74) is 6.10. The molecule has 4 rings (SSSR count). The summed E-state index contributed by atoms with van der Waals surface area (Å²) in [6.45, 7) is 7.69. The Bertz CT molecular complexity index is 1060. The monoisotopic (exact) mass is 412 g/mol. The van der Waals surface area contributed by atoms with Crippen molar-refractivity contribution in [1.29, 1.82) is 0 Å². The highest BCUT2D eigenvalue weighted by Crippen LogP contribution is 2.29. The predicted molar refractivity (Wildman–Crippen MR) is 117 cm³/mol. The van der Waals surface area contributed by atoms with Crippen LogP contribution in [0.4, 0.5) is 0 Å². The van der Waals surface area contributed by atoms with Gasteiger partial charge in [-0.05, 0) is 75.0 Å². The van der Waals surface area contributed by atoms with Gasteiger partial charge in [-0.2, -0.15) is 0 Å². The molecule has 0 atom stereocenters. The fourth-order valence-corrected chi connectivity index (χ4v) is 4.86. The molecule has 1 saturated carbocycles. The van der Waals surface area contributed by atoms with Crippen LogP contribution in [0.3, 0.4) is 0 Å². The molecule has 0 unspecified atom stereocenters. The second-order valence-electron chi connectivity index (χ2n) is 8.16. The van der Waals surface area contributed by atoms with Crippen LogP contribution in [0.5, 0.6) is 0 Å². The van der Waals surface area contributed by atoms with E-state index in [-0.39, 0.29) is 5.91 Å². The number of carbonyl (C=O) groups is 1. The smallest absolute Gasteiger partial charge is 0.254 e. The first-order valence-corrected chi connectivity index (χ1v) is 10.9. The van der Waals surface area contributed by atoms with E-state index in [1.54, 1.807) is 0 Å². The first-order valence-electron chi connectivity index (χ1n) is 10.5. The molecule has 3 aromatic rings. The minimum atomic E-state index is 0.0851. The number of aromatic nitrogens is 3. The van der Waals surface area contributed by atoms with Crippen LogP contribution < -0.4 is 0 Å². The number of aryl methyl sites for hydroxylation is 2. The average molecular weight is 413 g/mol. The van der Waals surface area contributed by atoms with Crippen LogP contribution in [0.1, 0.15) is 59.9 Å². The van der Waals surface area contributed by atoms with E-state index in [0.717, 1.165) is 30.4 Å². The largest absolute Gasteiger partial charge is 0.352 e. The van der Waals surface area contributed by atoms with E-state index in [0.29, 0.717) is 23.4 Å². The highest BCUT2D eigenvalue weighted by molar-refractivity contribution is 6.29. The summed E-state index contributed by atoms with van der Waals surface area (Å²) in [5, 5.41) is 0.468. The molecule has 1 aliphatic carbocycles. The summed E-state index contributed by atoms with van der Waals surface area (Å²) in [4.78, 5) is 20.1. The summed E-state index contributed by atoms with van der Waals surface area (Å²) in [5.74, 6) is 0.0851. The number of hydrogen-bond acceptors (Lipinski definition) is 2. The molecule has 0 radical (unpaired) electrons. The maximum Gasteiger partial charge on any atom is 0.254 e. The Morgan fingerprint density at radius 2 is 1.97 bits per heavy atom. The molecule has 6 heteroatoms. The van der Waals surface area contributed by atoms with Crippen molar-refractivity contribution in [2.45, 2.75) is 65.6 Å². The maximum atomic E-state index is 13.6. The Labute approximate surface area is 177 Å². The Morgan fingerprint density at radius 1 is 1.24 bits per heavy atom. The molecule has 1 aliphatic rings. The van der Waals surface area contributed by atoms with Gasteiger partial charge in [0.15, 0.2) is 0 Å². The number of benzene rings is 1. The molecule has 0 bridgehead atoms. The van der Waals surface area contributed by atoms with Crippen molar-refractivity contribution in [3.8, 4) is 0 Å². The molecular formula is C23H29ClN4O. The zero-order valence-electron chi connectivity index (χ0n) is 17.7. The lowest BCUT2D eigenvalue weighted by Crippen LogP contribution is -2.38. The molecule has 154 valence electrons. The molecule has 0 saturated heterocycles. The lowest BCUT2D eigenvalue weighted by molar-refractivity contribution is 0.0664. The number of hydrogen-bond donors (Lipinski definition) is 0. The molecular weight excluding hydrogens is 384 g/mol. The Morgan fingerprint density at radius 3 is 2.59 bits per heavy atom. The number of fused-ring (bicyclic) bond motifs is 1. The standard InChI is InChI=1S/C23H29ClN4O/c1-5-27-21-11-10-17(13-20(21)25-23(27)24)22(29)28(19-8-6-7-9-19)14-18-12-15(2)26(4)16(18)3/h10-13,19H,5-9,14H2,1-4H3. The summed E-state index contributed by atoms with van der Waals surface area (Å²) < 4.78 is 4.15. The van der Waals surface area contributed by atoms with Gasteiger partial charge in [0.2, 0.25) is 5.28 Å². The van der Waals surface area contributed by atoms with Crippen LogP contribution in [0.15, 0.2) is 24.3 Å². The summed E-state index contributed by atoms with van der Waals surface area (Å²) in [7, 11) is 2.08. The van der Waals surface area contributed by atoms with Crippen LogP contribution in [0.25, 0.3) is 11.0 Å². The van der Waals surface area contributed by atoms with Gasteiger partial charge in [0.1, 0.15) is 0 Å². The van der Waals surface area contributed by atoms with Crippen LogP contribution in [0, 0.1) is 13.8 Å². The van der Waals surface area contributed by atoms with Crippen molar-refractivity contribution >= 4 is 28.5 Å². The van der Waals surface area contributed by atoms with Gasteiger partial charge < -0.3 is 14.0 Å².